The summed E-state index contributed by atoms with van der Waals surface area (Å²) < 4.78 is 9.17. The Kier molecular flexibility index (Phi) is 7.66. The third-order valence-electron chi connectivity index (χ3n) is 3.28. The lowest BCUT2D eigenvalue weighted by Crippen LogP contribution is -2.26. The van der Waals surface area contributed by atoms with Crippen molar-refractivity contribution in [2.45, 2.75) is 24.2 Å². The molecule has 0 heterocycles. The lowest BCUT2D eigenvalue weighted by Gasteiger charge is -2.12. The molecule has 0 aromatic heterocycles. The number of rotatable bonds is 8. The maximum Gasteiger partial charge on any atom is 0.320 e. The third-order valence-corrected chi connectivity index (χ3v) is 4.07. The quantitative estimate of drug-likeness (QED) is 0.317. The topological polar surface area (TPSA) is 69.7 Å². The summed E-state index contributed by atoms with van der Waals surface area (Å²) in [5.74, 6) is -2.25. The molecule has 0 bridgehead atoms. The van der Waals surface area contributed by atoms with Gasteiger partial charge in [-0.3, -0.25) is 14.4 Å². The van der Waals surface area contributed by atoms with Crippen LogP contribution >= 0.6 is 11.8 Å². The molecule has 6 heteroatoms. The summed E-state index contributed by atoms with van der Waals surface area (Å²) in [6.07, 6.45) is 2.82. The van der Waals surface area contributed by atoms with Crippen LogP contribution in [0.5, 0.6) is 0 Å². The number of thioether (sulfide) groups is 1. The van der Waals surface area contributed by atoms with Crippen LogP contribution in [0.3, 0.4) is 0 Å². The zero-order chi connectivity index (χ0) is 16.5. The van der Waals surface area contributed by atoms with Crippen molar-refractivity contribution >= 4 is 29.5 Å². The van der Waals surface area contributed by atoms with E-state index in [1.165, 1.54) is 26.0 Å². The summed E-state index contributed by atoms with van der Waals surface area (Å²) in [5, 5.41) is 0. The van der Waals surface area contributed by atoms with E-state index in [1.54, 1.807) is 6.07 Å². The Balaban J connectivity index is 2.63. The maximum atomic E-state index is 12.2. The number of esters is 2. The number of methoxy groups -OCH3 is 2. The first kappa shape index (κ1) is 18.2. The fourth-order valence-corrected chi connectivity index (χ4v) is 2.71. The van der Waals surface area contributed by atoms with Crippen molar-refractivity contribution in [2.24, 2.45) is 5.92 Å². The Morgan fingerprint density at radius 1 is 1.09 bits per heavy atom. The summed E-state index contributed by atoms with van der Waals surface area (Å²) in [6, 6.07) is 7.38. The van der Waals surface area contributed by atoms with Gasteiger partial charge in [-0.25, -0.2) is 0 Å². The number of ketones is 1. The highest BCUT2D eigenvalue weighted by atomic mass is 32.2. The third kappa shape index (κ3) is 4.87. The van der Waals surface area contributed by atoms with E-state index in [0.717, 1.165) is 4.90 Å². The molecule has 0 N–H and O–H groups in total. The van der Waals surface area contributed by atoms with Gasteiger partial charge in [-0.15, -0.1) is 11.8 Å². The molecule has 0 saturated heterocycles. The molecular weight excluding hydrogens is 304 g/mol. The van der Waals surface area contributed by atoms with E-state index in [-0.39, 0.29) is 18.6 Å². The summed E-state index contributed by atoms with van der Waals surface area (Å²) in [6.45, 7) is 0. The lowest BCUT2D eigenvalue weighted by atomic mass is 9.99. The van der Waals surface area contributed by atoms with Crippen molar-refractivity contribution in [3.63, 3.8) is 0 Å². The monoisotopic (exact) mass is 324 g/mol. The average Bonchev–Trinajstić information content (AvgIpc) is 2.57. The summed E-state index contributed by atoms with van der Waals surface area (Å²) in [5.41, 5.74) is 0.669. The van der Waals surface area contributed by atoms with Gasteiger partial charge >= 0.3 is 11.9 Å². The molecule has 1 aromatic carbocycles. The number of carbonyl (C=O) groups is 3. The van der Waals surface area contributed by atoms with Crippen LogP contribution in [-0.2, 0) is 19.1 Å². The average molecular weight is 324 g/mol. The second-order valence-corrected chi connectivity index (χ2v) is 5.46. The van der Waals surface area contributed by atoms with Crippen LogP contribution in [0.4, 0.5) is 0 Å². The Morgan fingerprint density at radius 2 is 1.68 bits per heavy atom. The molecule has 1 rings (SSSR count). The van der Waals surface area contributed by atoms with Crippen molar-refractivity contribution in [3.8, 4) is 0 Å². The Morgan fingerprint density at radius 3 is 2.23 bits per heavy atom. The predicted octanol–water partition coefficient (Wildman–Crippen LogP) is 2.72. The minimum Gasteiger partial charge on any atom is -0.468 e. The van der Waals surface area contributed by atoms with Gasteiger partial charge in [0.25, 0.3) is 0 Å². The predicted molar refractivity (Wildman–Crippen MR) is 83.9 cm³/mol. The van der Waals surface area contributed by atoms with Crippen LogP contribution in [0, 0.1) is 5.92 Å². The normalized spacial score (nSPS) is 10.4. The largest absolute Gasteiger partial charge is 0.468 e. The number of hydrogen-bond acceptors (Lipinski definition) is 6. The molecule has 0 amide bonds. The van der Waals surface area contributed by atoms with Crippen molar-refractivity contribution < 1.29 is 23.9 Å². The van der Waals surface area contributed by atoms with Crippen molar-refractivity contribution in [3.05, 3.63) is 29.8 Å². The van der Waals surface area contributed by atoms with E-state index >= 15 is 0 Å². The summed E-state index contributed by atoms with van der Waals surface area (Å²) >= 11 is 1.51. The maximum absolute atomic E-state index is 12.2. The second kappa shape index (κ2) is 9.25. The van der Waals surface area contributed by atoms with Crippen LogP contribution in [0.2, 0.25) is 0 Å². The molecular formula is C16H20O5S. The van der Waals surface area contributed by atoms with Crippen LogP contribution < -0.4 is 0 Å². The van der Waals surface area contributed by atoms with Crippen LogP contribution in [-0.4, -0.2) is 38.2 Å². The highest BCUT2D eigenvalue weighted by Crippen LogP contribution is 2.22. The van der Waals surface area contributed by atoms with E-state index in [1.807, 2.05) is 24.5 Å². The Bertz CT molecular complexity index is 525. The molecule has 0 radical (unpaired) electrons. The zero-order valence-electron chi connectivity index (χ0n) is 13.0. The van der Waals surface area contributed by atoms with Gasteiger partial charge < -0.3 is 9.47 Å². The molecule has 0 unspecified atom stereocenters. The van der Waals surface area contributed by atoms with Gasteiger partial charge in [-0.05, 0) is 25.2 Å². The van der Waals surface area contributed by atoms with Crippen LogP contribution in [0.1, 0.15) is 29.6 Å². The van der Waals surface area contributed by atoms with Gasteiger partial charge in [0.2, 0.25) is 0 Å². The number of ether oxygens (including phenoxy) is 2. The van der Waals surface area contributed by atoms with Gasteiger partial charge in [0, 0.05) is 16.9 Å². The molecule has 0 fully saturated rings. The van der Waals surface area contributed by atoms with E-state index in [0.29, 0.717) is 12.0 Å². The van der Waals surface area contributed by atoms with Crippen LogP contribution in [0.25, 0.3) is 0 Å². The van der Waals surface area contributed by atoms with Crippen molar-refractivity contribution in [2.75, 3.05) is 20.5 Å². The zero-order valence-corrected chi connectivity index (χ0v) is 13.8. The number of carbonyl (C=O) groups excluding carboxylic acids is 3. The minimum atomic E-state index is -0.974. The molecule has 120 valence electrons. The Hall–Kier alpha value is -1.82. The fraction of sp³-hybridized carbons (Fsp3) is 0.438. The highest BCUT2D eigenvalue weighted by molar-refractivity contribution is 7.98. The standard InChI is InChI=1S/C16H20O5S/c1-20-15(18)12(16(19)21-2)8-6-9-13(17)11-7-4-5-10-14(11)22-3/h4-5,7,10,12H,6,8-9H2,1-3H3. The number of hydrogen-bond donors (Lipinski definition) is 0. The van der Waals surface area contributed by atoms with Gasteiger partial charge in [0.15, 0.2) is 11.7 Å². The van der Waals surface area contributed by atoms with Crippen molar-refractivity contribution in [1.29, 1.82) is 0 Å². The van der Waals surface area contributed by atoms with E-state index in [2.05, 4.69) is 9.47 Å². The first-order valence-electron chi connectivity index (χ1n) is 6.87. The summed E-state index contributed by atoms with van der Waals surface area (Å²) in [7, 11) is 2.44. The van der Waals surface area contributed by atoms with Crippen molar-refractivity contribution in [1.82, 2.24) is 0 Å². The van der Waals surface area contributed by atoms with E-state index in [9.17, 15) is 14.4 Å². The van der Waals surface area contributed by atoms with Gasteiger partial charge in [0.1, 0.15) is 0 Å². The van der Waals surface area contributed by atoms with Crippen LogP contribution in [0.15, 0.2) is 29.2 Å². The highest BCUT2D eigenvalue weighted by Gasteiger charge is 2.28. The second-order valence-electron chi connectivity index (χ2n) is 4.61. The lowest BCUT2D eigenvalue weighted by molar-refractivity contribution is -0.159. The minimum absolute atomic E-state index is 0.00145. The van der Waals surface area contributed by atoms with Gasteiger partial charge in [0.05, 0.1) is 14.2 Å². The molecule has 0 saturated carbocycles. The smallest absolute Gasteiger partial charge is 0.320 e. The van der Waals surface area contributed by atoms with Gasteiger partial charge in [-0.2, -0.15) is 0 Å². The first-order chi connectivity index (χ1) is 10.5. The number of benzene rings is 1. The fourth-order valence-electron chi connectivity index (χ4n) is 2.09. The molecule has 0 aliphatic carbocycles. The molecule has 22 heavy (non-hydrogen) atoms. The molecule has 0 spiro atoms. The first-order valence-corrected chi connectivity index (χ1v) is 8.09. The van der Waals surface area contributed by atoms with E-state index < -0.39 is 17.9 Å². The summed E-state index contributed by atoms with van der Waals surface area (Å²) in [4.78, 5) is 36.3. The molecule has 0 aliphatic rings. The number of Topliss-reactive ketones (excluding diaryl/α,β-unsaturated/α-hetero) is 1. The SMILES string of the molecule is COC(=O)C(CCCC(=O)c1ccccc1SC)C(=O)OC. The molecule has 1 aromatic rings. The molecule has 0 aliphatic heterocycles. The molecule has 5 nitrogen and oxygen atoms in total. The molecule has 0 atom stereocenters. The van der Waals surface area contributed by atoms with E-state index in [4.69, 9.17) is 0 Å². The van der Waals surface area contributed by atoms with Gasteiger partial charge in [-0.1, -0.05) is 18.2 Å². The Labute approximate surface area is 134 Å².